The van der Waals surface area contributed by atoms with Crippen molar-refractivity contribution in [2.45, 2.75) is 61.5 Å². The average molecular weight is 517 g/mol. The standard InChI is InChI=1S/C26H30NO10/c1-3-13-16(10-21(29)30)14(22(31)34-2)4-5-19(13)36-24-25(33)8-6-17-15-7-9-27-18(15)12-35-26(17,23(25)32)20(11-28)37-24/h3-4,7,9,12-13,16,19-20,23-24,28,32-33H,1,5-6,8,10-11H2,2H3,(H,29,30)/q-1/t13-,16+,19-,20-,23-,24-,25-,26-/m1/s1. The van der Waals surface area contributed by atoms with Crippen molar-refractivity contribution < 1.29 is 49.0 Å². The summed E-state index contributed by atoms with van der Waals surface area (Å²) in [5.41, 5.74) is -2.53. The molecule has 3 heterocycles. The summed E-state index contributed by atoms with van der Waals surface area (Å²) >= 11 is 0. The second-order valence-electron chi connectivity index (χ2n) is 9.86. The highest BCUT2D eigenvalue weighted by molar-refractivity contribution is 5.90. The Morgan fingerprint density at radius 1 is 1.38 bits per heavy atom. The summed E-state index contributed by atoms with van der Waals surface area (Å²) in [7, 11) is 1.22. The van der Waals surface area contributed by atoms with Gasteiger partial charge in [-0.2, -0.15) is 6.20 Å². The van der Waals surface area contributed by atoms with Crippen LogP contribution in [0, 0.1) is 11.8 Å². The van der Waals surface area contributed by atoms with Crippen molar-refractivity contribution in [1.29, 1.82) is 0 Å². The molecule has 2 aliphatic heterocycles. The van der Waals surface area contributed by atoms with Crippen molar-refractivity contribution in [3.63, 3.8) is 0 Å². The Kier molecular flexibility index (Phi) is 6.53. The molecule has 5 rings (SSSR count). The second-order valence-corrected chi connectivity index (χ2v) is 9.86. The third kappa shape index (κ3) is 3.76. The number of carbonyl (C=O) groups is 2. The number of carboxylic acid groups (broad SMARTS) is 1. The van der Waals surface area contributed by atoms with Crippen LogP contribution in [0.2, 0.25) is 0 Å². The van der Waals surface area contributed by atoms with E-state index in [1.807, 2.05) is 0 Å². The van der Waals surface area contributed by atoms with Crippen LogP contribution in [0.25, 0.3) is 11.8 Å². The minimum atomic E-state index is -1.90. The molecule has 0 amide bonds. The second kappa shape index (κ2) is 9.41. The molecule has 8 atom stereocenters. The van der Waals surface area contributed by atoms with Crippen molar-refractivity contribution in [3.05, 3.63) is 47.1 Å². The van der Waals surface area contributed by atoms with Crippen molar-refractivity contribution in [3.8, 4) is 0 Å². The molecule has 1 saturated carbocycles. The smallest absolute Gasteiger partial charge is 0.333 e. The Bertz CT molecular complexity index is 1250. The molecule has 0 unspecified atom stereocenters. The molecule has 4 N–H and O–H groups in total. The van der Waals surface area contributed by atoms with E-state index in [1.54, 1.807) is 18.3 Å². The molecule has 2 aliphatic carbocycles. The zero-order valence-corrected chi connectivity index (χ0v) is 20.3. The minimum Gasteiger partial charge on any atom is -0.661 e. The molecule has 0 aromatic carbocycles. The first kappa shape index (κ1) is 25.7. The molecule has 11 heteroatoms. The largest absolute Gasteiger partial charge is 0.661 e. The number of aliphatic hydroxyl groups excluding tert-OH is 2. The van der Waals surface area contributed by atoms with Crippen molar-refractivity contribution >= 4 is 23.8 Å². The summed E-state index contributed by atoms with van der Waals surface area (Å²) in [6, 6.07) is 1.80. The molecule has 4 aliphatic rings. The van der Waals surface area contributed by atoms with Crippen molar-refractivity contribution in [2.24, 2.45) is 11.8 Å². The van der Waals surface area contributed by atoms with Gasteiger partial charge in [0.1, 0.15) is 17.8 Å². The molecular weight excluding hydrogens is 486 g/mol. The Balaban J connectivity index is 1.48. The number of nitrogens with zero attached hydrogens (tertiary/aromatic N) is 1. The van der Waals surface area contributed by atoms with Crippen molar-refractivity contribution in [1.82, 2.24) is 4.98 Å². The summed E-state index contributed by atoms with van der Waals surface area (Å²) in [5.74, 6) is -3.16. The number of hydrogen-bond donors (Lipinski definition) is 4. The zero-order valence-electron chi connectivity index (χ0n) is 20.3. The van der Waals surface area contributed by atoms with E-state index in [1.165, 1.54) is 19.4 Å². The highest BCUT2D eigenvalue weighted by Gasteiger charge is 2.69. The van der Waals surface area contributed by atoms with Gasteiger partial charge in [-0.25, -0.2) is 4.79 Å². The van der Waals surface area contributed by atoms with Crippen LogP contribution in [0.1, 0.15) is 25.7 Å². The van der Waals surface area contributed by atoms with Crippen LogP contribution >= 0.6 is 0 Å². The van der Waals surface area contributed by atoms with Gasteiger partial charge in [-0.15, -0.1) is 6.58 Å². The van der Waals surface area contributed by atoms with Gasteiger partial charge in [-0.05, 0) is 30.1 Å². The van der Waals surface area contributed by atoms with Crippen LogP contribution in [0.3, 0.4) is 0 Å². The number of ether oxygens (including phenoxy) is 4. The molecule has 1 aromatic heterocycles. The van der Waals surface area contributed by atoms with Gasteiger partial charge in [0, 0.05) is 17.4 Å². The first-order chi connectivity index (χ1) is 17.7. The first-order valence-corrected chi connectivity index (χ1v) is 12.2. The third-order valence-electron chi connectivity index (χ3n) is 8.14. The normalized spacial score (nSPS) is 38.3. The predicted molar refractivity (Wildman–Crippen MR) is 126 cm³/mol. The number of aliphatic hydroxyl groups is 3. The lowest BCUT2D eigenvalue weighted by atomic mass is 9.64. The number of carbonyl (C=O) groups excluding carboxylic acids is 1. The van der Waals surface area contributed by atoms with Crippen LogP contribution < -0.4 is 15.6 Å². The maximum Gasteiger partial charge on any atom is 0.333 e. The number of esters is 1. The van der Waals surface area contributed by atoms with Gasteiger partial charge in [0.15, 0.2) is 11.9 Å². The van der Waals surface area contributed by atoms with E-state index in [-0.39, 0.29) is 24.8 Å². The number of carboxylic acids is 1. The Morgan fingerprint density at radius 3 is 2.84 bits per heavy atom. The van der Waals surface area contributed by atoms with E-state index < -0.39 is 66.2 Å². The maximum atomic E-state index is 12.3. The molecule has 1 saturated heterocycles. The monoisotopic (exact) mass is 516 g/mol. The van der Waals surface area contributed by atoms with E-state index >= 15 is 0 Å². The van der Waals surface area contributed by atoms with E-state index in [2.05, 4.69) is 11.6 Å². The number of aromatic nitrogens is 1. The Hall–Kier alpha value is -2.96. The molecule has 2 bridgehead atoms. The fraction of sp³-hybridized carbons (Fsp3) is 0.538. The molecule has 11 nitrogen and oxygen atoms in total. The summed E-state index contributed by atoms with van der Waals surface area (Å²) in [6.07, 6.45) is 1.62. The summed E-state index contributed by atoms with van der Waals surface area (Å²) in [6.45, 7) is 3.29. The lowest BCUT2D eigenvalue weighted by Gasteiger charge is -2.60. The maximum absolute atomic E-state index is 12.3. The lowest BCUT2D eigenvalue weighted by molar-refractivity contribution is -0.371. The zero-order chi connectivity index (χ0) is 26.5. The van der Waals surface area contributed by atoms with Crippen LogP contribution in [0.15, 0.2) is 36.6 Å². The molecule has 37 heavy (non-hydrogen) atoms. The van der Waals surface area contributed by atoms with Crippen LogP contribution in [0.4, 0.5) is 0 Å². The van der Waals surface area contributed by atoms with E-state index in [0.717, 1.165) is 5.22 Å². The minimum absolute atomic E-state index is 0.0787. The summed E-state index contributed by atoms with van der Waals surface area (Å²) in [4.78, 5) is 28.2. The van der Waals surface area contributed by atoms with Crippen LogP contribution in [0.5, 0.6) is 0 Å². The topological polar surface area (TPSA) is 166 Å². The molecular formula is C26H30NO10-. The van der Waals surface area contributed by atoms with Gasteiger partial charge in [0.05, 0.1) is 32.5 Å². The van der Waals surface area contributed by atoms with E-state index in [9.17, 15) is 30.0 Å². The van der Waals surface area contributed by atoms with Gasteiger partial charge in [0.25, 0.3) is 0 Å². The van der Waals surface area contributed by atoms with Gasteiger partial charge < -0.3 is 44.4 Å². The van der Waals surface area contributed by atoms with Gasteiger partial charge >= 0.3 is 11.9 Å². The van der Waals surface area contributed by atoms with Gasteiger partial charge in [-0.1, -0.05) is 23.6 Å². The van der Waals surface area contributed by atoms with E-state index in [0.29, 0.717) is 17.3 Å². The average Bonchev–Trinajstić information content (AvgIpc) is 3.36. The first-order valence-electron chi connectivity index (χ1n) is 12.2. The fourth-order valence-electron chi connectivity index (χ4n) is 6.34. The Labute approximate surface area is 212 Å². The number of aliphatic carboxylic acids is 1. The highest BCUT2D eigenvalue weighted by Crippen LogP contribution is 2.52. The van der Waals surface area contributed by atoms with Gasteiger partial charge in [-0.3, -0.25) is 4.79 Å². The van der Waals surface area contributed by atoms with Gasteiger partial charge in [0.2, 0.25) is 0 Å². The van der Waals surface area contributed by atoms with Crippen LogP contribution in [-0.4, -0.2) is 81.9 Å². The fourth-order valence-corrected chi connectivity index (χ4v) is 6.34. The number of fused-ring (bicyclic) bond motifs is 2. The molecule has 200 valence electrons. The quantitative estimate of drug-likeness (QED) is 0.251. The molecule has 1 spiro atoms. The number of rotatable bonds is 7. The summed E-state index contributed by atoms with van der Waals surface area (Å²) in [5, 5.41) is 44.4. The van der Waals surface area contributed by atoms with Crippen LogP contribution in [-0.2, 0) is 28.5 Å². The molecule has 1 aromatic rings. The van der Waals surface area contributed by atoms with E-state index in [4.69, 9.17) is 18.9 Å². The Morgan fingerprint density at radius 2 is 2.16 bits per heavy atom. The molecule has 0 radical (unpaired) electrons. The third-order valence-corrected chi connectivity index (χ3v) is 8.14. The highest BCUT2D eigenvalue weighted by atomic mass is 16.7. The lowest BCUT2D eigenvalue weighted by Crippen LogP contribution is -2.77. The number of hydrogen-bond acceptors (Lipinski definition) is 9. The van der Waals surface area contributed by atoms with Crippen molar-refractivity contribution in [2.75, 3.05) is 13.7 Å². The SMILES string of the molecule is C=C[C@@H]1[C@H](CC(=O)O)C(C(=O)OC)=CC[C@H]1O[C@@H]1O[C@H](CO)[C@]23OC=c4[n-]ccc4=C2CC[C@@]1(O)[C@H]3O. The predicted octanol–water partition coefficient (Wildman–Crippen LogP) is -1.31. The number of methoxy groups -OCH3 is 1. The summed E-state index contributed by atoms with van der Waals surface area (Å²) < 4.78 is 23.2. The molecule has 2 fully saturated rings.